The molecule has 180 valence electrons. The second-order valence-corrected chi connectivity index (χ2v) is 11.6. The van der Waals surface area contributed by atoms with Crippen molar-refractivity contribution in [3.63, 3.8) is 0 Å². The topological polar surface area (TPSA) is 70.6 Å². The summed E-state index contributed by atoms with van der Waals surface area (Å²) in [5, 5.41) is 1.08. The number of halogens is 2. The number of hydrogen-bond acceptors (Lipinski definition) is 6. The van der Waals surface area contributed by atoms with Crippen LogP contribution in [0.15, 0.2) is 41.3 Å². The summed E-state index contributed by atoms with van der Waals surface area (Å²) in [6, 6.07) is 10.1. The average molecular weight is 531 g/mol. The first-order valence-electron chi connectivity index (χ1n) is 10.4. The molecule has 6 nitrogen and oxygen atoms in total. The number of sulfone groups is 1. The summed E-state index contributed by atoms with van der Waals surface area (Å²) >= 11 is 7.32. The molecule has 3 aromatic rings. The summed E-state index contributed by atoms with van der Waals surface area (Å²) in [6.07, 6.45) is 0.650. The number of aryl methyl sites for hydroxylation is 2. The molecule has 1 aromatic heterocycles. The van der Waals surface area contributed by atoms with E-state index in [2.05, 4.69) is 11.0 Å². The fraction of sp³-hybridized carbons (Fsp3) is 0.391. The number of fused-ring (bicyclic) bond motifs is 1. The van der Waals surface area contributed by atoms with E-state index in [1.807, 2.05) is 34.0 Å². The van der Waals surface area contributed by atoms with E-state index in [9.17, 15) is 13.2 Å². The number of hydrogen-bond donors (Lipinski definition) is 0. The average Bonchev–Trinajstić information content (AvgIpc) is 3.17. The predicted molar refractivity (Wildman–Crippen MR) is 140 cm³/mol. The first-order valence-corrected chi connectivity index (χ1v) is 13.2. The van der Waals surface area contributed by atoms with Gasteiger partial charge in [0.25, 0.3) is 0 Å². The Kier molecular flexibility index (Phi) is 9.70. The number of anilines is 1. The number of thiazole rings is 1. The molecule has 0 aliphatic heterocycles. The summed E-state index contributed by atoms with van der Waals surface area (Å²) in [4.78, 5) is 21.8. The van der Waals surface area contributed by atoms with E-state index in [0.717, 1.165) is 34.3 Å². The molecule has 2 aromatic carbocycles. The fourth-order valence-electron chi connectivity index (χ4n) is 3.32. The van der Waals surface area contributed by atoms with Crippen molar-refractivity contribution in [1.82, 2.24) is 9.88 Å². The van der Waals surface area contributed by atoms with Crippen molar-refractivity contribution in [2.24, 2.45) is 0 Å². The van der Waals surface area contributed by atoms with Gasteiger partial charge >= 0.3 is 0 Å². The van der Waals surface area contributed by atoms with Crippen LogP contribution in [0.4, 0.5) is 5.13 Å². The molecule has 0 N–H and O–H groups in total. The van der Waals surface area contributed by atoms with E-state index in [0.29, 0.717) is 16.7 Å². The maximum absolute atomic E-state index is 13.2. The Morgan fingerprint density at radius 2 is 1.73 bits per heavy atom. The number of nitrogens with zero attached hydrogens (tertiary/aromatic N) is 3. The van der Waals surface area contributed by atoms with E-state index in [1.165, 1.54) is 35.6 Å². The van der Waals surface area contributed by atoms with Crippen molar-refractivity contribution in [2.45, 2.75) is 31.6 Å². The quantitative estimate of drug-likeness (QED) is 0.383. The molecule has 1 amide bonds. The Morgan fingerprint density at radius 3 is 2.36 bits per heavy atom. The second-order valence-electron chi connectivity index (χ2n) is 8.08. The van der Waals surface area contributed by atoms with Crippen molar-refractivity contribution >= 4 is 66.4 Å². The molecule has 0 atom stereocenters. The van der Waals surface area contributed by atoms with E-state index >= 15 is 0 Å². The molecule has 33 heavy (non-hydrogen) atoms. The minimum atomic E-state index is -3.59. The number of amides is 1. The fourth-order valence-corrected chi connectivity index (χ4v) is 5.74. The van der Waals surface area contributed by atoms with Crippen molar-refractivity contribution in [2.75, 3.05) is 37.8 Å². The molecule has 1 heterocycles. The third kappa shape index (κ3) is 6.90. The van der Waals surface area contributed by atoms with Gasteiger partial charge in [-0.3, -0.25) is 9.69 Å². The molecule has 0 spiro atoms. The molecule has 10 heteroatoms. The van der Waals surface area contributed by atoms with Crippen LogP contribution in [0.5, 0.6) is 0 Å². The lowest BCUT2D eigenvalue weighted by Gasteiger charge is -2.21. The predicted octanol–water partition coefficient (Wildman–Crippen LogP) is 5.14. The Balaban J connectivity index is 0.00000385. The molecule has 0 fully saturated rings. The molecule has 0 saturated heterocycles. The minimum Gasteiger partial charge on any atom is -0.309 e. The summed E-state index contributed by atoms with van der Waals surface area (Å²) in [5.41, 5.74) is 3.13. The van der Waals surface area contributed by atoms with Crippen LogP contribution in [-0.4, -0.2) is 57.1 Å². The highest BCUT2D eigenvalue weighted by molar-refractivity contribution is 7.91. The van der Waals surface area contributed by atoms with Crippen LogP contribution in [-0.2, 0) is 14.6 Å². The molecule has 0 aliphatic carbocycles. The molecule has 0 saturated carbocycles. The van der Waals surface area contributed by atoms with Gasteiger partial charge in [0.15, 0.2) is 15.0 Å². The number of rotatable bonds is 9. The third-order valence-corrected chi connectivity index (χ3v) is 8.38. The highest BCUT2D eigenvalue weighted by Crippen LogP contribution is 2.32. The van der Waals surface area contributed by atoms with Gasteiger partial charge in [0.2, 0.25) is 5.91 Å². The van der Waals surface area contributed by atoms with Gasteiger partial charge in [0, 0.05) is 18.0 Å². The van der Waals surface area contributed by atoms with Gasteiger partial charge in [-0.2, -0.15) is 0 Å². The number of carbonyl (C=O) groups is 1. The van der Waals surface area contributed by atoms with Crippen molar-refractivity contribution < 1.29 is 13.2 Å². The summed E-state index contributed by atoms with van der Waals surface area (Å²) < 4.78 is 26.4. The van der Waals surface area contributed by atoms with Gasteiger partial charge in [0.05, 0.1) is 20.9 Å². The Labute approximate surface area is 210 Å². The first-order chi connectivity index (χ1) is 15.1. The minimum absolute atomic E-state index is 0. The standard InChI is InChI=1S/C23H28ClN3O3S2.ClH/c1-16-6-11-20-22(17(16)2)25-23(31-20)27(14-5-13-26(3)4)21(28)12-15-32(29,30)19-9-7-18(24)8-10-19;/h6-11H,5,12-15H2,1-4H3;1H. The van der Waals surface area contributed by atoms with Gasteiger partial charge in [-0.1, -0.05) is 29.0 Å². The van der Waals surface area contributed by atoms with E-state index in [4.69, 9.17) is 16.6 Å². The summed E-state index contributed by atoms with van der Waals surface area (Å²) in [5.74, 6) is -0.504. The third-order valence-electron chi connectivity index (χ3n) is 5.35. The number of aromatic nitrogens is 1. The summed E-state index contributed by atoms with van der Waals surface area (Å²) in [7, 11) is 0.372. The lowest BCUT2D eigenvalue weighted by Crippen LogP contribution is -2.34. The van der Waals surface area contributed by atoms with Crippen LogP contribution in [0.3, 0.4) is 0 Å². The largest absolute Gasteiger partial charge is 0.309 e. The van der Waals surface area contributed by atoms with Gasteiger partial charge in [0.1, 0.15) is 0 Å². The smallest absolute Gasteiger partial charge is 0.229 e. The Hall–Kier alpha value is -1.71. The molecular formula is C23H29Cl2N3O3S2. The second kappa shape index (κ2) is 11.6. The molecule has 0 unspecified atom stereocenters. The maximum atomic E-state index is 13.2. The lowest BCUT2D eigenvalue weighted by atomic mass is 10.1. The number of benzene rings is 2. The van der Waals surface area contributed by atoms with Gasteiger partial charge < -0.3 is 4.90 Å². The zero-order valence-corrected chi connectivity index (χ0v) is 22.4. The highest BCUT2D eigenvalue weighted by atomic mass is 35.5. The van der Waals surface area contributed by atoms with Gasteiger partial charge in [-0.25, -0.2) is 13.4 Å². The van der Waals surface area contributed by atoms with Gasteiger partial charge in [-0.05, 0) is 82.4 Å². The van der Waals surface area contributed by atoms with Crippen LogP contribution >= 0.6 is 35.3 Å². The van der Waals surface area contributed by atoms with Crippen LogP contribution in [0.1, 0.15) is 24.0 Å². The van der Waals surface area contributed by atoms with Crippen LogP contribution < -0.4 is 4.90 Å². The van der Waals surface area contributed by atoms with E-state index in [1.54, 1.807) is 4.90 Å². The lowest BCUT2D eigenvalue weighted by molar-refractivity contribution is -0.118. The molecule has 3 rings (SSSR count). The zero-order valence-electron chi connectivity index (χ0n) is 19.2. The molecule has 0 aliphatic rings. The molecule has 0 bridgehead atoms. The number of carbonyl (C=O) groups excluding carboxylic acids is 1. The molecule has 0 radical (unpaired) electrons. The SMILES string of the molecule is Cc1ccc2sc(N(CCCN(C)C)C(=O)CCS(=O)(=O)c3ccc(Cl)cc3)nc2c1C.Cl. The van der Waals surface area contributed by atoms with Gasteiger partial charge in [-0.15, -0.1) is 12.4 Å². The van der Waals surface area contributed by atoms with Crippen LogP contribution in [0.25, 0.3) is 10.2 Å². The van der Waals surface area contributed by atoms with E-state index < -0.39 is 9.84 Å². The van der Waals surface area contributed by atoms with Crippen LogP contribution in [0, 0.1) is 13.8 Å². The maximum Gasteiger partial charge on any atom is 0.229 e. The van der Waals surface area contributed by atoms with Crippen molar-refractivity contribution in [3.05, 3.63) is 52.5 Å². The Morgan fingerprint density at radius 1 is 1.06 bits per heavy atom. The van der Waals surface area contributed by atoms with Crippen molar-refractivity contribution in [1.29, 1.82) is 0 Å². The van der Waals surface area contributed by atoms with E-state index in [-0.39, 0.29) is 35.4 Å². The van der Waals surface area contributed by atoms with Crippen LogP contribution in [0.2, 0.25) is 5.02 Å². The monoisotopic (exact) mass is 529 g/mol. The first kappa shape index (κ1) is 27.5. The Bertz CT molecular complexity index is 1210. The zero-order chi connectivity index (χ0) is 23.5. The summed E-state index contributed by atoms with van der Waals surface area (Å²) in [6.45, 7) is 5.36. The normalized spacial score (nSPS) is 11.6. The highest BCUT2D eigenvalue weighted by Gasteiger charge is 2.23. The molecular weight excluding hydrogens is 501 g/mol. The van der Waals surface area contributed by atoms with Crippen molar-refractivity contribution in [3.8, 4) is 0 Å².